The smallest absolute Gasteiger partial charge is 0.0104 e. The summed E-state index contributed by atoms with van der Waals surface area (Å²) in [6.45, 7) is 0. The van der Waals surface area contributed by atoms with Crippen LogP contribution in [0.2, 0.25) is 0 Å². The molecule has 0 saturated heterocycles. The summed E-state index contributed by atoms with van der Waals surface area (Å²) < 4.78 is 4.68. The third-order valence-corrected chi connectivity index (χ3v) is 2.59. The lowest BCUT2D eigenvalue weighted by atomic mass is 10.4. The monoisotopic (exact) mass is 246 g/mol. The second-order valence-corrected chi connectivity index (χ2v) is 3.70. The van der Waals surface area contributed by atoms with Gasteiger partial charge in [-0.2, -0.15) is 0 Å². The maximum Gasteiger partial charge on any atom is 0.0104 e. The van der Waals surface area contributed by atoms with Crippen molar-refractivity contribution in [2.45, 2.75) is 0 Å². The van der Waals surface area contributed by atoms with Crippen LogP contribution in [0.25, 0.3) is 10.4 Å². The molecule has 0 saturated carbocycles. The first kappa shape index (κ1) is 7.37. The highest BCUT2D eigenvalue weighted by atomic mass is 127. The summed E-state index contributed by atoms with van der Waals surface area (Å²) in [5.41, 5.74) is 8.01. The quantitative estimate of drug-likeness (QED) is 0.333. The summed E-state index contributed by atoms with van der Waals surface area (Å²) in [5, 5.41) is 0. The second kappa shape index (κ2) is 4.14. The number of benzene rings is 1. The molecule has 0 unspecified atom stereocenters. The lowest BCUT2D eigenvalue weighted by Crippen LogP contribution is -1.65. The Morgan fingerprint density at radius 3 is 2.60 bits per heavy atom. The van der Waals surface area contributed by atoms with E-state index in [2.05, 4.69) is 8.24 Å². The molecular weight excluding hydrogens is 241 g/mol. The Labute approximate surface area is 69.3 Å². The van der Waals surface area contributed by atoms with Gasteiger partial charge < -0.3 is 0 Å². The van der Waals surface area contributed by atoms with Gasteiger partial charge in [-0.15, -0.1) is 0 Å². The molecule has 0 aromatic heterocycles. The van der Waals surface area contributed by atoms with Crippen LogP contribution in [0.3, 0.4) is 0 Å². The van der Waals surface area contributed by atoms with E-state index in [9.17, 15) is 0 Å². The van der Waals surface area contributed by atoms with Gasteiger partial charge in [0, 0.05) is 8.48 Å². The highest BCUT2D eigenvalue weighted by Crippen LogP contribution is 2.21. The van der Waals surface area contributed by atoms with Crippen LogP contribution in [0, 0.1) is 3.57 Å². The zero-order chi connectivity index (χ0) is 7.23. The molecule has 1 radical (unpaired) electrons. The molecule has 51 valence electrons. The summed E-state index contributed by atoms with van der Waals surface area (Å²) in [4.78, 5) is 2.70. The number of nitrogens with zero attached hydrogens (tertiary/aromatic N) is 3. The first-order valence-corrected chi connectivity index (χ1v) is 4.71. The maximum atomic E-state index is 8.01. The van der Waals surface area contributed by atoms with E-state index < -0.39 is 21.5 Å². The van der Waals surface area contributed by atoms with Crippen molar-refractivity contribution in [3.8, 4) is 0 Å². The Morgan fingerprint density at radius 1 is 1.30 bits per heavy atom. The minimum atomic E-state index is -0.465. The predicted octanol–water partition coefficient (Wildman–Crippen LogP) is 3.05. The lowest BCUT2D eigenvalue weighted by molar-refractivity contribution is 1.65. The molecule has 1 aromatic carbocycles. The number of hydrogen-bond acceptors (Lipinski definition) is 1. The van der Waals surface area contributed by atoms with E-state index in [1.807, 2.05) is 30.3 Å². The molecule has 0 heterocycles. The standard InChI is InChI=1S/C6H5IN3/c8-10-9-7-6-4-2-1-3-5-6/h1-5H. The van der Waals surface area contributed by atoms with E-state index in [0.717, 1.165) is 3.57 Å². The van der Waals surface area contributed by atoms with Gasteiger partial charge >= 0.3 is 0 Å². The Hall–Kier alpha value is -0.740. The molecule has 3 nitrogen and oxygen atoms in total. The highest BCUT2D eigenvalue weighted by molar-refractivity contribution is 14.2. The molecule has 0 aliphatic rings. The van der Waals surface area contributed by atoms with Crippen LogP contribution in [0.4, 0.5) is 0 Å². The van der Waals surface area contributed by atoms with E-state index in [4.69, 9.17) is 5.53 Å². The molecule has 1 aromatic rings. The predicted molar refractivity (Wildman–Crippen MR) is 48.3 cm³/mol. The van der Waals surface area contributed by atoms with Crippen LogP contribution in [0.1, 0.15) is 0 Å². The number of halogens is 1. The van der Waals surface area contributed by atoms with E-state index in [1.165, 1.54) is 0 Å². The molecular formula is C6H5IN3. The van der Waals surface area contributed by atoms with Gasteiger partial charge in [0.25, 0.3) is 0 Å². The van der Waals surface area contributed by atoms with Crippen LogP contribution >= 0.6 is 21.5 Å². The molecule has 0 N–H and O–H groups in total. The van der Waals surface area contributed by atoms with E-state index >= 15 is 0 Å². The summed E-state index contributed by atoms with van der Waals surface area (Å²) in [5.74, 6) is 0. The molecule has 4 heteroatoms. The maximum absolute atomic E-state index is 8.01. The van der Waals surface area contributed by atoms with Gasteiger partial charge in [-0.25, -0.2) is 0 Å². The van der Waals surface area contributed by atoms with E-state index in [1.54, 1.807) is 0 Å². The Balaban J connectivity index is 2.67. The second-order valence-electron chi connectivity index (χ2n) is 1.55. The molecule has 0 aliphatic carbocycles. The normalized spacial score (nSPS) is 8.40. The first-order valence-electron chi connectivity index (χ1n) is 2.67. The SMILES string of the molecule is [N-]=[N+]=N[I]c1ccccc1. The molecule has 0 amide bonds. The Kier molecular flexibility index (Phi) is 3.05. The summed E-state index contributed by atoms with van der Waals surface area (Å²) in [7, 11) is 0. The molecule has 0 fully saturated rings. The van der Waals surface area contributed by atoms with Gasteiger partial charge in [0.05, 0.1) is 0 Å². The van der Waals surface area contributed by atoms with Gasteiger partial charge in [0.1, 0.15) is 0 Å². The Bertz CT molecular complexity index is 240. The largest absolute Gasteiger partial charge is 0.0622 e. The van der Waals surface area contributed by atoms with E-state index in [0.29, 0.717) is 0 Å². The third kappa shape index (κ3) is 2.24. The van der Waals surface area contributed by atoms with Crippen molar-refractivity contribution in [2.75, 3.05) is 0 Å². The van der Waals surface area contributed by atoms with Crippen LogP contribution < -0.4 is 0 Å². The molecule has 10 heavy (non-hydrogen) atoms. The van der Waals surface area contributed by atoms with Crippen molar-refractivity contribution >= 4 is 21.5 Å². The highest BCUT2D eigenvalue weighted by Gasteiger charge is 1.84. The molecule has 0 atom stereocenters. The molecule has 1 rings (SSSR count). The zero-order valence-electron chi connectivity index (χ0n) is 5.11. The van der Waals surface area contributed by atoms with Crippen molar-refractivity contribution in [3.05, 3.63) is 44.3 Å². The minimum absolute atomic E-state index is 0.465. The number of hydrogen-bond donors (Lipinski definition) is 0. The first-order chi connectivity index (χ1) is 4.93. The van der Waals surface area contributed by atoms with Crippen molar-refractivity contribution in [3.63, 3.8) is 0 Å². The lowest BCUT2D eigenvalue weighted by Gasteiger charge is -1.89. The average Bonchev–Trinajstić information content (AvgIpc) is 2.03. The van der Waals surface area contributed by atoms with Gasteiger partial charge in [0.15, 0.2) is 0 Å². The van der Waals surface area contributed by atoms with Crippen LogP contribution in [0.5, 0.6) is 0 Å². The van der Waals surface area contributed by atoms with Crippen molar-refractivity contribution < 1.29 is 0 Å². The topological polar surface area (TPSA) is 48.8 Å². The van der Waals surface area contributed by atoms with Gasteiger partial charge in [-0.05, 0) is 42.5 Å². The van der Waals surface area contributed by atoms with Crippen LogP contribution in [-0.2, 0) is 0 Å². The molecule has 0 spiro atoms. The minimum Gasteiger partial charge on any atom is -0.0622 e. The third-order valence-electron chi connectivity index (χ3n) is 0.902. The van der Waals surface area contributed by atoms with Crippen LogP contribution in [-0.4, -0.2) is 0 Å². The van der Waals surface area contributed by atoms with Crippen molar-refractivity contribution in [2.24, 2.45) is 3.33 Å². The fourth-order valence-corrected chi connectivity index (χ4v) is 1.61. The molecule has 0 bridgehead atoms. The fraction of sp³-hybridized carbons (Fsp3) is 0. The number of rotatable bonds is 2. The number of azide groups is 1. The fourth-order valence-electron chi connectivity index (χ4n) is 0.532. The van der Waals surface area contributed by atoms with Crippen molar-refractivity contribution in [1.29, 1.82) is 0 Å². The summed E-state index contributed by atoms with van der Waals surface area (Å²) in [6.07, 6.45) is 0. The summed E-state index contributed by atoms with van der Waals surface area (Å²) in [6, 6.07) is 9.79. The average molecular weight is 246 g/mol. The van der Waals surface area contributed by atoms with Crippen molar-refractivity contribution in [1.82, 2.24) is 0 Å². The van der Waals surface area contributed by atoms with Gasteiger partial charge in [0.2, 0.25) is 0 Å². The zero-order valence-corrected chi connectivity index (χ0v) is 7.26. The molecule has 0 aliphatic heterocycles. The van der Waals surface area contributed by atoms with E-state index in [-0.39, 0.29) is 0 Å². The summed E-state index contributed by atoms with van der Waals surface area (Å²) >= 11 is -0.465. The van der Waals surface area contributed by atoms with Crippen LogP contribution in [0.15, 0.2) is 33.7 Å². The van der Waals surface area contributed by atoms with Gasteiger partial charge in [-0.1, -0.05) is 18.2 Å². The Morgan fingerprint density at radius 2 is 2.00 bits per heavy atom. The van der Waals surface area contributed by atoms with Gasteiger partial charge in [-0.3, -0.25) is 0 Å².